The van der Waals surface area contributed by atoms with Gasteiger partial charge in [0.15, 0.2) is 0 Å². The highest BCUT2D eigenvalue weighted by molar-refractivity contribution is 8.00. The Labute approximate surface area is 126 Å². The predicted molar refractivity (Wildman–Crippen MR) is 82.8 cm³/mol. The fraction of sp³-hybridized carbons (Fsp3) is 0.267. The lowest BCUT2D eigenvalue weighted by atomic mass is 10.2. The summed E-state index contributed by atoms with van der Waals surface area (Å²) in [5.74, 6) is 0.358. The minimum absolute atomic E-state index is 0.0574. The average molecular weight is 301 g/mol. The number of anilines is 1. The van der Waals surface area contributed by atoms with Crippen molar-refractivity contribution in [3.8, 4) is 0 Å². The fourth-order valence-corrected chi connectivity index (χ4v) is 3.26. The first-order valence-electron chi connectivity index (χ1n) is 6.72. The zero-order chi connectivity index (χ0) is 14.8. The Bertz CT molecular complexity index is 742. The van der Waals surface area contributed by atoms with Crippen LogP contribution >= 0.6 is 11.8 Å². The summed E-state index contributed by atoms with van der Waals surface area (Å²) < 4.78 is 0. The van der Waals surface area contributed by atoms with Gasteiger partial charge in [-0.2, -0.15) is 0 Å². The number of carbonyl (C=O) groups excluding carboxylic acids is 1. The van der Waals surface area contributed by atoms with Crippen molar-refractivity contribution in [3.05, 3.63) is 52.1 Å². The first kappa shape index (κ1) is 13.9. The lowest BCUT2D eigenvalue weighted by Crippen LogP contribution is -2.30. The molecule has 0 radical (unpaired) electrons. The van der Waals surface area contributed by atoms with Gasteiger partial charge >= 0.3 is 5.69 Å². The van der Waals surface area contributed by atoms with Gasteiger partial charge in [0.05, 0.1) is 10.8 Å². The lowest BCUT2D eigenvalue weighted by Gasteiger charge is -2.17. The van der Waals surface area contributed by atoms with Gasteiger partial charge in [-0.3, -0.25) is 4.79 Å². The first-order chi connectivity index (χ1) is 10.1. The number of para-hydroxylation sites is 1. The zero-order valence-electron chi connectivity index (χ0n) is 11.6. The molecule has 1 amide bonds. The van der Waals surface area contributed by atoms with Crippen LogP contribution < -0.4 is 10.6 Å². The van der Waals surface area contributed by atoms with Crippen molar-refractivity contribution in [1.82, 2.24) is 9.97 Å². The molecule has 21 heavy (non-hydrogen) atoms. The minimum atomic E-state index is -0.387. The van der Waals surface area contributed by atoms with Crippen LogP contribution in [0, 0.1) is 6.92 Å². The van der Waals surface area contributed by atoms with E-state index in [2.05, 4.69) is 16.0 Å². The largest absolute Gasteiger partial charge is 0.345 e. The predicted octanol–water partition coefficient (Wildman–Crippen LogP) is 1.76. The molecule has 0 bridgehead atoms. The molecular weight excluding hydrogens is 286 g/mol. The SMILES string of the molecule is Cc1cnc(=O)[nH]c1SCC(=O)N1CCc2ccccc21. The van der Waals surface area contributed by atoms with Crippen LogP contribution in [0.3, 0.4) is 0 Å². The Morgan fingerprint density at radius 3 is 3.10 bits per heavy atom. The first-order valence-corrected chi connectivity index (χ1v) is 7.71. The van der Waals surface area contributed by atoms with E-state index in [1.165, 1.54) is 23.5 Å². The number of nitrogens with zero attached hydrogens (tertiary/aromatic N) is 2. The third-order valence-corrected chi connectivity index (χ3v) is 4.59. The van der Waals surface area contributed by atoms with Crippen molar-refractivity contribution in [2.45, 2.75) is 18.4 Å². The summed E-state index contributed by atoms with van der Waals surface area (Å²) in [6.45, 7) is 2.59. The van der Waals surface area contributed by atoms with Crippen LogP contribution in [0.5, 0.6) is 0 Å². The summed E-state index contributed by atoms with van der Waals surface area (Å²) in [7, 11) is 0. The van der Waals surface area contributed by atoms with Crippen molar-refractivity contribution in [1.29, 1.82) is 0 Å². The molecule has 2 aromatic rings. The maximum absolute atomic E-state index is 12.4. The summed E-state index contributed by atoms with van der Waals surface area (Å²) in [6.07, 6.45) is 2.43. The Hall–Kier alpha value is -2.08. The number of fused-ring (bicyclic) bond motifs is 1. The van der Waals surface area contributed by atoms with Crippen LogP contribution in [0.25, 0.3) is 0 Å². The molecule has 5 nitrogen and oxygen atoms in total. The molecule has 2 heterocycles. The second-order valence-electron chi connectivity index (χ2n) is 4.91. The number of carbonyl (C=O) groups is 1. The van der Waals surface area contributed by atoms with Crippen LogP contribution in [-0.2, 0) is 11.2 Å². The molecule has 0 atom stereocenters. The number of nitrogens with one attached hydrogen (secondary N) is 1. The van der Waals surface area contributed by atoms with Gasteiger partial charge in [0, 0.05) is 18.4 Å². The van der Waals surface area contributed by atoms with Crippen LogP contribution in [-0.4, -0.2) is 28.2 Å². The van der Waals surface area contributed by atoms with Gasteiger partial charge in [-0.15, -0.1) is 0 Å². The normalized spacial score (nSPS) is 13.3. The number of amides is 1. The van der Waals surface area contributed by atoms with Crippen molar-refractivity contribution in [3.63, 3.8) is 0 Å². The molecule has 1 N–H and O–H groups in total. The molecule has 1 aliphatic rings. The van der Waals surface area contributed by atoms with Gasteiger partial charge in [-0.1, -0.05) is 30.0 Å². The van der Waals surface area contributed by atoms with E-state index in [1.807, 2.05) is 30.0 Å². The third-order valence-electron chi connectivity index (χ3n) is 3.48. The highest BCUT2D eigenvalue weighted by atomic mass is 32.2. The summed E-state index contributed by atoms with van der Waals surface area (Å²) in [4.78, 5) is 31.7. The van der Waals surface area contributed by atoms with Gasteiger partial charge in [0.25, 0.3) is 0 Å². The smallest absolute Gasteiger partial charge is 0.311 e. The van der Waals surface area contributed by atoms with E-state index in [1.54, 1.807) is 0 Å². The van der Waals surface area contributed by atoms with Gasteiger partial charge in [0.1, 0.15) is 0 Å². The molecule has 3 rings (SSSR count). The highest BCUT2D eigenvalue weighted by Crippen LogP contribution is 2.28. The van der Waals surface area contributed by atoms with Gasteiger partial charge in [-0.25, -0.2) is 9.78 Å². The minimum Gasteiger partial charge on any atom is -0.311 e. The Balaban J connectivity index is 1.71. The molecule has 1 aromatic carbocycles. The number of H-pyrrole nitrogens is 1. The van der Waals surface area contributed by atoms with Crippen LogP contribution in [0.2, 0.25) is 0 Å². The number of aromatic amines is 1. The number of aryl methyl sites for hydroxylation is 1. The molecule has 0 spiro atoms. The molecule has 0 saturated carbocycles. The maximum Gasteiger partial charge on any atom is 0.345 e. The maximum atomic E-state index is 12.4. The van der Waals surface area contributed by atoms with E-state index in [0.717, 1.165) is 24.2 Å². The Kier molecular flexibility index (Phi) is 3.79. The number of aromatic nitrogens is 2. The fourth-order valence-electron chi connectivity index (χ4n) is 2.40. The summed E-state index contributed by atoms with van der Waals surface area (Å²) in [5.41, 5.74) is 2.70. The number of thioether (sulfide) groups is 1. The number of hydrogen-bond acceptors (Lipinski definition) is 4. The molecular formula is C15H15N3O2S. The molecule has 0 aliphatic carbocycles. The van der Waals surface area contributed by atoms with E-state index in [0.29, 0.717) is 10.8 Å². The molecule has 6 heteroatoms. The van der Waals surface area contributed by atoms with Gasteiger partial charge in [0.2, 0.25) is 5.91 Å². The number of hydrogen-bond donors (Lipinski definition) is 1. The van der Waals surface area contributed by atoms with E-state index in [4.69, 9.17) is 0 Å². The molecule has 108 valence electrons. The summed E-state index contributed by atoms with van der Waals surface area (Å²) in [6, 6.07) is 7.97. The van der Waals surface area contributed by atoms with E-state index >= 15 is 0 Å². The van der Waals surface area contributed by atoms with Crippen molar-refractivity contribution >= 4 is 23.4 Å². The molecule has 0 unspecified atom stereocenters. The van der Waals surface area contributed by atoms with Gasteiger partial charge in [-0.05, 0) is 30.5 Å². The second-order valence-corrected chi connectivity index (χ2v) is 5.90. The molecule has 1 aromatic heterocycles. The Morgan fingerprint density at radius 1 is 1.43 bits per heavy atom. The third kappa shape index (κ3) is 2.85. The van der Waals surface area contributed by atoms with Crippen molar-refractivity contribution in [2.24, 2.45) is 0 Å². The zero-order valence-corrected chi connectivity index (χ0v) is 12.4. The molecule has 0 fully saturated rings. The van der Waals surface area contributed by atoms with Crippen LogP contribution in [0.4, 0.5) is 5.69 Å². The summed E-state index contributed by atoms with van der Waals surface area (Å²) in [5, 5.41) is 0.704. The highest BCUT2D eigenvalue weighted by Gasteiger charge is 2.24. The Morgan fingerprint density at radius 2 is 2.24 bits per heavy atom. The van der Waals surface area contributed by atoms with Crippen molar-refractivity contribution < 1.29 is 4.79 Å². The number of rotatable bonds is 3. The second kappa shape index (κ2) is 5.73. The van der Waals surface area contributed by atoms with Gasteiger partial charge < -0.3 is 9.88 Å². The lowest BCUT2D eigenvalue weighted by molar-refractivity contribution is -0.116. The van der Waals surface area contributed by atoms with Crippen molar-refractivity contribution in [2.75, 3.05) is 17.2 Å². The van der Waals surface area contributed by atoms with Crippen LogP contribution in [0.1, 0.15) is 11.1 Å². The number of benzene rings is 1. The molecule has 1 aliphatic heterocycles. The molecule has 0 saturated heterocycles. The van der Waals surface area contributed by atoms with Crippen LogP contribution in [0.15, 0.2) is 40.3 Å². The van der Waals surface area contributed by atoms with E-state index in [-0.39, 0.29) is 11.6 Å². The topological polar surface area (TPSA) is 66.1 Å². The standard InChI is InChI=1S/C15H15N3O2S/c1-10-8-16-15(20)17-14(10)21-9-13(19)18-7-6-11-4-2-3-5-12(11)18/h2-5,8H,6-7,9H2,1H3,(H,16,17,20). The summed E-state index contributed by atoms with van der Waals surface area (Å²) >= 11 is 1.34. The average Bonchev–Trinajstić information content (AvgIpc) is 2.92. The van der Waals surface area contributed by atoms with E-state index in [9.17, 15) is 9.59 Å². The van der Waals surface area contributed by atoms with E-state index < -0.39 is 0 Å². The quantitative estimate of drug-likeness (QED) is 0.693. The monoisotopic (exact) mass is 301 g/mol.